The van der Waals surface area contributed by atoms with Gasteiger partial charge in [-0.1, -0.05) is 19.8 Å². The largest absolute Gasteiger partial charge is 0.480 e. The number of carbonyl (C=O) groups excluding carboxylic acids is 1. The first-order chi connectivity index (χ1) is 9.93. The summed E-state index contributed by atoms with van der Waals surface area (Å²) >= 11 is 0. The lowest BCUT2D eigenvalue weighted by Gasteiger charge is -2.37. The molecule has 1 fully saturated rings. The Kier molecular flexibility index (Phi) is 4.50. The SMILES string of the molecule is CC1CCCC(NC(=O)NC(C)c2ncc[nH]2)(C(=O)O)C1. The van der Waals surface area contributed by atoms with E-state index in [-0.39, 0.29) is 12.0 Å². The van der Waals surface area contributed by atoms with Crippen molar-refractivity contribution < 1.29 is 14.7 Å². The zero-order chi connectivity index (χ0) is 15.5. The van der Waals surface area contributed by atoms with Gasteiger partial charge in [0, 0.05) is 12.4 Å². The van der Waals surface area contributed by atoms with Gasteiger partial charge < -0.3 is 20.7 Å². The van der Waals surface area contributed by atoms with E-state index in [1.54, 1.807) is 19.3 Å². The van der Waals surface area contributed by atoms with Crippen molar-refractivity contribution in [3.05, 3.63) is 18.2 Å². The van der Waals surface area contributed by atoms with E-state index < -0.39 is 17.5 Å². The standard InChI is InChI=1S/C14H22N4O3/c1-9-4-3-5-14(8-9,12(19)20)18-13(21)17-10(2)11-15-6-7-16-11/h6-7,9-10H,3-5,8H2,1-2H3,(H,15,16)(H,19,20)(H2,17,18,21). The molecule has 1 aromatic rings. The highest BCUT2D eigenvalue weighted by molar-refractivity contribution is 5.86. The number of nitrogens with one attached hydrogen (secondary N) is 3. The van der Waals surface area contributed by atoms with Crippen LogP contribution >= 0.6 is 0 Å². The Labute approximate surface area is 123 Å². The fourth-order valence-electron chi connectivity index (χ4n) is 2.95. The predicted molar refractivity (Wildman–Crippen MR) is 76.7 cm³/mol. The second-order valence-corrected chi connectivity index (χ2v) is 5.88. The number of hydrogen-bond acceptors (Lipinski definition) is 3. The smallest absolute Gasteiger partial charge is 0.329 e. The lowest BCUT2D eigenvalue weighted by Crippen LogP contribution is -2.59. The molecule has 1 aliphatic carbocycles. The quantitative estimate of drug-likeness (QED) is 0.679. The summed E-state index contributed by atoms with van der Waals surface area (Å²) in [6, 6.07) is -0.790. The van der Waals surface area contributed by atoms with E-state index in [1.807, 2.05) is 6.92 Å². The van der Waals surface area contributed by atoms with Gasteiger partial charge >= 0.3 is 12.0 Å². The van der Waals surface area contributed by atoms with Gasteiger partial charge in [-0.05, 0) is 25.7 Å². The maximum absolute atomic E-state index is 12.1. The molecule has 0 aliphatic heterocycles. The van der Waals surface area contributed by atoms with Gasteiger partial charge in [-0.2, -0.15) is 0 Å². The molecular formula is C14H22N4O3. The number of carboxylic acid groups (broad SMARTS) is 1. The number of aliphatic carboxylic acids is 1. The number of nitrogens with zero attached hydrogens (tertiary/aromatic N) is 1. The molecule has 0 aromatic carbocycles. The summed E-state index contributed by atoms with van der Waals surface area (Å²) < 4.78 is 0. The van der Waals surface area contributed by atoms with Crippen molar-refractivity contribution in [2.45, 2.75) is 51.1 Å². The molecular weight excluding hydrogens is 272 g/mol. The minimum Gasteiger partial charge on any atom is -0.480 e. The zero-order valence-corrected chi connectivity index (χ0v) is 12.3. The van der Waals surface area contributed by atoms with Gasteiger partial charge in [0.1, 0.15) is 11.4 Å². The molecule has 0 spiro atoms. The number of urea groups is 1. The minimum atomic E-state index is -1.16. The normalized spacial score (nSPS) is 26.9. The number of aromatic amines is 1. The van der Waals surface area contributed by atoms with Crippen molar-refractivity contribution in [3.8, 4) is 0 Å². The molecule has 0 saturated heterocycles. The molecule has 1 saturated carbocycles. The number of aromatic nitrogens is 2. The highest BCUT2D eigenvalue weighted by Crippen LogP contribution is 2.32. The van der Waals surface area contributed by atoms with Crippen LogP contribution in [-0.4, -0.2) is 32.6 Å². The van der Waals surface area contributed by atoms with E-state index in [2.05, 4.69) is 20.6 Å². The summed E-state index contributed by atoms with van der Waals surface area (Å²) in [6.07, 6.45) is 6.02. The predicted octanol–water partition coefficient (Wildman–Crippen LogP) is 1.80. The Bertz CT molecular complexity index is 502. The first-order valence-corrected chi connectivity index (χ1v) is 7.24. The van der Waals surface area contributed by atoms with Crippen LogP contribution in [0.25, 0.3) is 0 Å². The molecule has 0 bridgehead atoms. The Balaban J connectivity index is 2.00. The Morgan fingerprint density at radius 3 is 2.90 bits per heavy atom. The van der Waals surface area contributed by atoms with Crippen LogP contribution < -0.4 is 10.6 Å². The summed E-state index contributed by atoms with van der Waals surface area (Å²) in [4.78, 5) is 30.7. The number of hydrogen-bond donors (Lipinski definition) is 4. The zero-order valence-electron chi connectivity index (χ0n) is 12.3. The maximum Gasteiger partial charge on any atom is 0.329 e. The average molecular weight is 294 g/mol. The Morgan fingerprint density at radius 2 is 2.33 bits per heavy atom. The van der Waals surface area contributed by atoms with Crippen molar-refractivity contribution in [1.29, 1.82) is 0 Å². The third kappa shape index (κ3) is 3.53. The first kappa shape index (κ1) is 15.3. The van der Waals surface area contributed by atoms with Crippen LogP contribution in [-0.2, 0) is 4.79 Å². The van der Waals surface area contributed by atoms with Crippen LogP contribution in [0.15, 0.2) is 12.4 Å². The molecule has 4 N–H and O–H groups in total. The molecule has 2 rings (SSSR count). The van der Waals surface area contributed by atoms with Crippen LogP contribution in [0.3, 0.4) is 0 Å². The van der Waals surface area contributed by atoms with Gasteiger partial charge in [-0.25, -0.2) is 14.6 Å². The number of imidazole rings is 1. The second-order valence-electron chi connectivity index (χ2n) is 5.88. The molecule has 21 heavy (non-hydrogen) atoms. The number of rotatable bonds is 4. The van der Waals surface area contributed by atoms with E-state index in [4.69, 9.17) is 0 Å². The van der Waals surface area contributed by atoms with Crippen LogP contribution in [0.4, 0.5) is 4.79 Å². The van der Waals surface area contributed by atoms with Gasteiger partial charge in [-0.3, -0.25) is 0 Å². The van der Waals surface area contributed by atoms with Crippen molar-refractivity contribution >= 4 is 12.0 Å². The van der Waals surface area contributed by atoms with Gasteiger partial charge in [0.15, 0.2) is 0 Å². The molecule has 3 atom stereocenters. The third-order valence-corrected chi connectivity index (χ3v) is 4.04. The van der Waals surface area contributed by atoms with Crippen LogP contribution in [0.5, 0.6) is 0 Å². The summed E-state index contributed by atoms with van der Waals surface area (Å²) in [5.74, 6) is -0.0426. The van der Waals surface area contributed by atoms with Gasteiger partial charge in [0.2, 0.25) is 0 Å². The summed E-state index contributed by atoms with van der Waals surface area (Å²) in [7, 11) is 0. The average Bonchev–Trinajstić information content (AvgIpc) is 2.92. The first-order valence-electron chi connectivity index (χ1n) is 7.24. The number of amides is 2. The molecule has 2 amide bonds. The second kappa shape index (κ2) is 6.15. The fraction of sp³-hybridized carbons (Fsp3) is 0.643. The van der Waals surface area contributed by atoms with Crippen LogP contribution in [0, 0.1) is 5.92 Å². The van der Waals surface area contributed by atoms with Gasteiger partial charge in [0.25, 0.3) is 0 Å². The highest BCUT2D eigenvalue weighted by atomic mass is 16.4. The summed E-state index contributed by atoms with van der Waals surface area (Å²) in [6.45, 7) is 3.80. The van der Waals surface area contributed by atoms with Gasteiger partial charge in [0.05, 0.1) is 6.04 Å². The molecule has 7 nitrogen and oxygen atoms in total. The van der Waals surface area contributed by atoms with E-state index in [0.29, 0.717) is 18.7 Å². The molecule has 116 valence electrons. The van der Waals surface area contributed by atoms with Crippen LogP contribution in [0.1, 0.15) is 51.4 Å². The monoisotopic (exact) mass is 294 g/mol. The topological polar surface area (TPSA) is 107 Å². The van der Waals surface area contributed by atoms with E-state index in [1.165, 1.54) is 0 Å². The third-order valence-electron chi connectivity index (χ3n) is 4.04. The number of H-pyrrole nitrogens is 1. The number of carboxylic acids is 1. The molecule has 1 aliphatic rings. The van der Waals surface area contributed by atoms with Crippen molar-refractivity contribution in [3.63, 3.8) is 0 Å². The number of carbonyl (C=O) groups is 2. The lowest BCUT2D eigenvalue weighted by atomic mass is 9.76. The summed E-state index contributed by atoms with van der Waals surface area (Å²) in [5.41, 5.74) is -1.16. The maximum atomic E-state index is 12.1. The van der Waals surface area contributed by atoms with Crippen molar-refractivity contribution in [2.24, 2.45) is 5.92 Å². The lowest BCUT2D eigenvalue weighted by molar-refractivity contribution is -0.146. The van der Waals surface area contributed by atoms with E-state index >= 15 is 0 Å². The Morgan fingerprint density at radius 1 is 1.57 bits per heavy atom. The van der Waals surface area contributed by atoms with Crippen molar-refractivity contribution in [1.82, 2.24) is 20.6 Å². The molecule has 1 aromatic heterocycles. The summed E-state index contributed by atoms with van der Waals surface area (Å²) in [5, 5.41) is 14.9. The van der Waals surface area contributed by atoms with Gasteiger partial charge in [-0.15, -0.1) is 0 Å². The Hall–Kier alpha value is -2.05. The molecule has 0 radical (unpaired) electrons. The molecule has 1 heterocycles. The van der Waals surface area contributed by atoms with E-state index in [9.17, 15) is 14.7 Å². The van der Waals surface area contributed by atoms with Crippen molar-refractivity contribution in [2.75, 3.05) is 0 Å². The molecule has 3 unspecified atom stereocenters. The van der Waals surface area contributed by atoms with Crippen LogP contribution in [0.2, 0.25) is 0 Å². The highest BCUT2D eigenvalue weighted by Gasteiger charge is 2.43. The van der Waals surface area contributed by atoms with E-state index in [0.717, 1.165) is 12.8 Å². The fourth-order valence-corrected chi connectivity index (χ4v) is 2.95. The minimum absolute atomic E-state index is 0.289. The molecule has 7 heteroatoms.